The predicted molar refractivity (Wildman–Crippen MR) is 124 cm³/mol. The third-order valence-corrected chi connectivity index (χ3v) is 6.20. The number of aliphatic imine (C=N–C) groups is 1. The predicted octanol–water partition coefficient (Wildman–Crippen LogP) is 2.25. The first kappa shape index (κ1) is 24.9. The van der Waals surface area contributed by atoms with Gasteiger partial charge in [0.25, 0.3) is 15.9 Å². The van der Waals surface area contributed by atoms with E-state index in [1.54, 1.807) is 18.2 Å². The van der Waals surface area contributed by atoms with Gasteiger partial charge in [-0.25, -0.2) is 18.0 Å². The molecule has 3 rings (SSSR count). The summed E-state index contributed by atoms with van der Waals surface area (Å²) in [5.41, 5.74) is 1.13. The molecule has 0 radical (unpaired) electrons. The smallest absolute Gasteiger partial charge is 0.338 e. The molecule has 0 fully saturated rings. The maximum Gasteiger partial charge on any atom is 0.338 e. The summed E-state index contributed by atoms with van der Waals surface area (Å²) in [6, 6.07) is 11.3. The number of carbonyl (C=O) groups is 3. The molecule has 0 unspecified atom stereocenters. The number of benzene rings is 2. The second-order valence-electron chi connectivity index (χ2n) is 7.48. The summed E-state index contributed by atoms with van der Waals surface area (Å²) in [6.45, 7) is 3.22. The number of amidine groups is 1. The highest BCUT2D eigenvalue weighted by Crippen LogP contribution is 2.22. The van der Waals surface area contributed by atoms with Crippen LogP contribution >= 0.6 is 0 Å². The molecule has 34 heavy (non-hydrogen) atoms. The zero-order chi connectivity index (χ0) is 24.7. The second kappa shape index (κ2) is 10.9. The topological polar surface area (TPSA) is 140 Å². The standard InChI is InChI=1S/C23H25N3O7S/c1-3-4-13-32-23(29)16-9-11-17(12-10-16)25-20(27)14-33-22(28)15(2)24-21-18-7-5-6-8-19(18)34(30,31)26-21/h5-12,15H,3-4,13-14H2,1-2H3,(H,24,26)(H,25,27)/t15-/m0/s1. The Bertz CT molecular complexity index is 1210. The van der Waals surface area contributed by atoms with Crippen LogP contribution in [-0.2, 0) is 29.1 Å². The van der Waals surface area contributed by atoms with E-state index in [4.69, 9.17) is 9.47 Å². The Labute approximate surface area is 197 Å². The minimum Gasteiger partial charge on any atom is -0.462 e. The number of rotatable bonds is 9. The fraction of sp³-hybridized carbons (Fsp3) is 0.304. The maximum absolute atomic E-state index is 12.3. The molecule has 180 valence electrons. The number of hydrogen-bond donors (Lipinski definition) is 2. The summed E-state index contributed by atoms with van der Waals surface area (Å²) in [4.78, 5) is 40.5. The second-order valence-corrected chi connectivity index (χ2v) is 9.13. The van der Waals surface area contributed by atoms with Crippen molar-refractivity contribution in [2.45, 2.75) is 37.6 Å². The summed E-state index contributed by atoms with van der Waals surface area (Å²) >= 11 is 0. The van der Waals surface area contributed by atoms with Gasteiger partial charge >= 0.3 is 11.9 Å². The Hall–Kier alpha value is -3.73. The van der Waals surface area contributed by atoms with Crippen LogP contribution < -0.4 is 10.0 Å². The van der Waals surface area contributed by atoms with Crippen molar-refractivity contribution < 1.29 is 32.3 Å². The zero-order valence-electron chi connectivity index (χ0n) is 18.7. The van der Waals surface area contributed by atoms with Crippen molar-refractivity contribution in [1.82, 2.24) is 4.72 Å². The van der Waals surface area contributed by atoms with Crippen molar-refractivity contribution >= 4 is 39.4 Å². The number of nitrogens with one attached hydrogen (secondary N) is 2. The van der Waals surface area contributed by atoms with Crippen LogP contribution in [0.25, 0.3) is 0 Å². The fourth-order valence-electron chi connectivity index (χ4n) is 3.01. The Morgan fingerprint density at radius 3 is 2.47 bits per heavy atom. The Morgan fingerprint density at radius 1 is 1.06 bits per heavy atom. The van der Waals surface area contributed by atoms with Crippen LogP contribution in [0.2, 0.25) is 0 Å². The number of nitrogens with zero attached hydrogens (tertiary/aromatic N) is 1. The van der Waals surface area contributed by atoms with Gasteiger partial charge in [0, 0.05) is 11.3 Å². The largest absolute Gasteiger partial charge is 0.462 e. The molecule has 2 aromatic rings. The molecule has 1 amide bonds. The minimum atomic E-state index is -3.73. The highest BCUT2D eigenvalue weighted by molar-refractivity contribution is 7.90. The quantitative estimate of drug-likeness (QED) is 0.408. The van der Waals surface area contributed by atoms with Gasteiger partial charge in [0.05, 0.1) is 17.1 Å². The van der Waals surface area contributed by atoms with Gasteiger partial charge in [-0.2, -0.15) is 0 Å². The van der Waals surface area contributed by atoms with Gasteiger partial charge < -0.3 is 14.8 Å². The SMILES string of the molecule is CCCCOC(=O)c1ccc(NC(=O)COC(=O)[C@H](C)N=C2NS(=O)(=O)c3ccccc32)cc1. The number of esters is 2. The van der Waals surface area contributed by atoms with Crippen molar-refractivity contribution in [2.75, 3.05) is 18.5 Å². The van der Waals surface area contributed by atoms with Gasteiger partial charge in [0.1, 0.15) is 11.9 Å². The van der Waals surface area contributed by atoms with Crippen LogP contribution in [-0.4, -0.2) is 51.4 Å². The minimum absolute atomic E-state index is 0.0396. The van der Waals surface area contributed by atoms with E-state index in [-0.39, 0.29) is 10.7 Å². The summed E-state index contributed by atoms with van der Waals surface area (Å²) < 4.78 is 36.7. The van der Waals surface area contributed by atoms with Crippen LogP contribution in [0.4, 0.5) is 5.69 Å². The molecular weight excluding hydrogens is 462 g/mol. The van der Waals surface area contributed by atoms with Gasteiger partial charge in [-0.3, -0.25) is 14.5 Å². The first-order valence-corrected chi connectivity index (χ1v) is 12.1. The average molecular weight is 488 g/mol. The number of amides is 1. The van der Waals surface area contributed by atoms with Crippen LogP contribution in [0.3, 0.4) is 0 Å². The van der Waals surface area contributed by atoms with Crippen molar-refractivity contribution in [3.8, 4) is 0 Å². The van der Waals surface area contributed by atoms with Crippen molar-refractivity contribution in [2.24, 2.45) is 4.99 Å². The van der Waals surface area contributed by atoms with Crippen LogP contribution in [0.15, 0.2) is 58.4 Å². The molecule has 0 bridgehead atoms. The Kier molecular flexibility index (Phi) is 8.00. The normalized spacial score (nSPS) is 15.6. The summed E-state index contributed by atoms with van der Waals surface area (Å²) in [5.74, 6) is -1.78. The zero-order valence-corrected chi connectivity index (χ0v) is 19.6. The number of sulfonamides is 1. The van der Waals surface area contributed by atoms with Crippen LogP contribution in [0, 0.1) is 0 Å². The van der Waals surface area contributed by atoms with Gasteiger partial charge in [0.15, 0.2) is 6.61 Å². The number of ether oxygens (including phenoxy) is 2. The molecule has 0 saturated carbocycles. The first-order valence-electron chi connectivity index (χ1n) is 10.6. The molecule has 2 N–H and O–H groups in total. The number of anilines is 1. The molecular formula is C23H25N3O7S. The van der Waals surface area contributed by atoms with Gasteiger partial charge in [-0.1, -0.05) is 25.5 Å². The van der Waals surface area contributed by atoms with Crippen molar-refractivity contribution in [3.63, 3.8) is 0 Å². The molecule has 0 saturated heterocycles. The third kappa shape index (κ3) is 6.19. The molecule has 1 heterocycles. The number of carbonyl (C=O) groups excluding carboxylic acids is 3. The van der Waals surface area contributed by atoms with Gasteiger partial charge in [0.2, 0.25) is 0 Å². The molecule has 11 heteroatoms. The Morgan fingerprint density at radius 2 is 1.76 bits per heavy atom. The molecule has 1 aliphatic rings. The van der Waals surface area contributed by atoms with E-state index in [9.17, 15) is 22.8 Å². The molecule has 1 atom stereocenters. The molecule has 10 nitrogen and oxygen atoms in total. The lowest BCUT2D eigenvalue weighted by Crippen LogP contribution is -2.28. The van der Waals surface area contributed by atoms with E-state index >= 15 is 0 Å². The summed E-state index contributed by atoms with van der Waals surface area (Å²) in [5, 5.41) is 2.56. The highest BCUT2D eigenvalue weighted by Gasteiger charge is 2.31. The van der Waals surface area contributed by atoms with E-state index in [1.165, 1.54) is 37.3 Å². The van der Waals surface area contributed by atoms with Crippen molar-refractivity contribution in [3.05, 3.63) is 59.7 Å². The maximum atomic E-state index is 12.3. The third-order valence-electron chi connectivity index (χ3n) is 4.81. The van der Waals surface area contributed by atoms with Crippen LogP contribution in [0.1, 0.15) is 42.6 Å². The fourth-order valence-corrected chi connectivity index (χ4v) is 4.25. The van der Waals surface area contributed by atoms with Gasteiger partial charge in [-0.05, 0) is 49.7 Å². The first-order chi connectivity index (χ1) is 16.2. The van der Waals surface area contributed by atoms with E-state index in [0.717, 1.165) is 12.8 Å². The molecule has 0 aromatic heterocycles. The van der Waals surface area contributed by atoms with E-state index in [2.05, 4.69) is 15.0 Å². The molecule has 0 spiro atoms. The molecule has 0 aliphatic carbocycles. The lowest BCUT2D eigenvalue weighted by molar-refractivity contribution is -0.148. The van der Waals surface area contributed by atoms with Gasteiger partial charge in [-0.15, -0.1) is 0 Å². The molecule has 2 aromatic carbocycles. The highest BCUT2D eigenvalue weighted by atomic mass is 32.2. The van der Waals surface area contributed by atoms with E-state index < -0.39 is 40.5 Å². The monoisotopic (exact) mass is 487 g/mol. The lowest BCUT2D eigenvalue weighted by Gasteiger charge is -2.10. The van der Waals surface area contributed by atoms with E-state index in [1.807, 2.05) is 6.92 Å². The average Bonchev–Trinajstić information content (AvgIpc) is 3.07. The van der Waals surface area contributed by atoms with Crippen molar-refractivity contribution in [1.29, 1.82) is 0 Å². The number of fused-ring (bicyclic) bond motifs is 1. The molecule has 1 aliphatic heterocycles. The van der Waals surface area contributed by atoms with Crippen LogP contribution in [0.5, 0.6) is 0 Å². The Balaban J connectivity index is 1.51. The lowest BCUT2D eigenvalue weighted by atomic mass is 10.2. The summed E-state index contributed by atoms with van der Waals surface area (Å²) in [6.07, 6.45) is 1.70. The summed E-state index contributed by atoms with van der Waals surface area (Å²) in [7, 11) is -3.73. The number of unbranched alkanes of at least 4 members (excludes halogenated alkanes) is 1. The van der Waals surface area contributed by atoms with E-state index in [0.29, 0.717) is 23.4 Å². The number of hydrogen-bond acceptors (Lipinski definition) is 8.